The van der Waals surface area contributed by atoms with Crippen LogP contribution in [0.4, 0.5) is 0 Å². The van der Waals surface area contributed by atoms with Crippen LogP contribution in [0.25, 0.3) is 0 Å². The van der Waals surface area contributed by atoms with Crippen molar-refractivity contribution in [2.75, 3.05) is 0 Å². The number of carboxylic acid groups (broad SMARTS) is 1. The second kappa shape index (κ2) is 4.74. The van der Waals surface area contributed by atoms with E-state index in [1.54, 1.807) is 24.3 Å². The Hall–Kier alpha value is -1.39. The molecule has 4 heteroatoms. The van der Waals surface area contributed by atoms with E-state index < -0.39 is 18.2 Å². The minimum Gasteiger partial charge on any atom is -0.481 e. The average molecular weight is 196 g/mol. The van der Waals surface area contributed by atoms with Crippen molar-refractivity contribution in [1.82, 2.24) is 0 Å². The first-order chi connectivity index (χ1) is 6.61. The second-order valence-electron chi connectivity index (χ2n) is 3.05. The van der Waals surface area contributed by atoms with Gasteiger partial charge in [0.05, 0.1) is 0 Å². The summed E-state index contributed by atoms with van der Waals surface area (Å²) in [6, 6.07) is 8.86. The summed E-state index contributed by atoms with van der Waals surface area (Å²) >= 11 is 0. The predicted molar refractivity (Wildman–Crippen MR) is 49.5 cm³/mol. The van der Waals surface area contributed by atoms with Crippen molar-refractivity contribution in [3.63, 3.8) is 0 Å². The summed E-state index contributed by atoms with van der Waals surface area (Å²) in [4.78, 5) is 10.6. The lowest BCUT2D eigenvalue weighted by Gasteiger charge is -2.13. The summed E-state index contributed by atoms with van der Waals surface area (Å²) in [5.41, 5.74) is 0.771. The normalized spacial score (nSPS) is 12.8. The van der Waals surface area contributed by atoms with Crippen LogP contribution in [0.3, 0.4) is 0 Å². The Bertz CT molecular complexity index is 294. The van der Waals surface area contributed by atoms with E-state index in [0.29, 0.717) is 0 Å². The molecule has 4 nitrogen and oxygen atoms in total. The summed E-state index contributed by atoms with van der Waals surface area (Å²) in [5, 5.41) is 26.3. The van der Waals surface area contributed by atoms with Gasteiger partial charge < -0.3 is 15.3 Å². The van der Waals surface area contributed by atoms with Gasteiger partial charge in [0.1, 0.15) is 5.92 Å². The van der Waals surface area contributed by atoms with Crippen LogP contribution in [0.2, 0.25) is 0 Å². The van der Waals surface area contributed by atoms with Crippen LogP contribution in [0.15, 0.2) is 30.3 Å². The minimum atomic E-state index is -1.83. The lowest BCUT2D eigenvalue weighted by Crippen LogP contribution is -2.29. The zero-order valence-electron chi connectivity index (χ0n) is 7.50. The van der Waals surface area contributed by atoms with Gasteiger partial charge in [0.25, 0.3) is 0 Å². The van der Waals surface area contributed by atoms with E-state index in [2.05, 4.69) is 0 Å². The molecule has 3 N–H and O–H groups in total. The van der Waals surface area contributed by atoms with Gasteiger partial charge in [-0.15, -0.1) is 0 Å². The SMILES string of the molecule is O=C(O)C(Cc1ccccc1)C(O)O. The van der Waals surface area contributed by atoms with Crippen LogP contribution in [-0.4, -0.2) is 27.6 Å². The smallest absolute Gasteiger partial charge is 0.312 e. The molecule has 1 aromatic carbocycles. The lowest BCUT2D eigenvalue weighted by atomic mass is 9.99. The molecule has 1 atom stereocenters. The van der Waals surface area contributed by atoms with Crippen LogP contribution < -0.4 is 0 Å². The fraction of sp³-hybridized carbons (Fsp3) is 0.300. The maximum Gasteiger partial charge on any atom is 0.312 e. The highest BCUT2D eigenvalue weighted by Gasteiger charge is 2.24. The Kier molecular flexibility index (Phi) is 3.62. The molecule has 0 fully saturated rings. The number of carboxylic acids is 1. The monoisotopic (exact) mass is 196 g/mol. The average Bonchev–Trinajstić information content (AvgIpc) is 2.15. The summed E-state index contributed by atoms with van der Waals surface area (Å²) in [5.74, 6) is -2.37. The van der Waals surface area contributed by atoms with Gasteiger partial charge in [-0.05, 0) is 12.0 Å². The third kappa shape index (κ3) is 2.83. The Labute approximate surface area is 81.4 Å². The van der Waals surface area contributed by atoms with Crippen LogP contribution >= 0.6 is 0 Å². The summed E-state index contributed by atoms with van der Waals surface area (Å²) in [6.45, 7) is 0. The first-order valence-corrected chi connectivity index (χ1v) is 4.24. The number of carbonyl (C=O) groups is 1. The fourth-order valence-electron chi connectivity index (χ4n) is 1.19. The Morgan fingerprint density at radius 2 is 1.79 bits per heavy atom. The zero-order chi connectivity index (χ0) is 10.6. The molecule has 76 valence electrons. The molecule has 0 saturated carbocycles. The molecule has 0 bridgehead atoms. The minimum absolute atomic E-state index is 0.119. The molecular formula is C10H12O4. The summed E-state index contributed by atoms with van der Waals surface area (Å²) in [6.07, 6.45) is -1.71. The predicted octanol–water partition coefficient (Wildman–Crippen LogP) is 0.241. The molecule has 0 heterocycles. The molecule has 0 aliphatic heterocycles. The molecule has 0 radical (unpaired) electrons. The molecule has 1 rings (SSSR count). The third-order valence-electron chi connectivity index (χ3n) is 1.98. The number of rotatable bonds is 4. The Morgan fingerprint density at radius 3 is 2.21 bits per heavy atom. The molecule has 0 aliphatic carbocycles. The van der Waals surface area contributed by atoms with Gasteiger partial charge in [-0.1, -0.05) is 30.3 Å². The Morgan fingerprint density at radius 1 is 1.21 bits per heavy atom. The van der Waals surface area contributed by atoms with Crippen LogP contribution in [-0.2, 0) is 11.2 Å². The van der Waals surface area contributed by atoms with Crippen LogP contribution in [0, 0.1) is 5.92 Å². The van der Waals surface area contributed by atoms with Crippen LogP contribution in [0.1, 0.15) is 5.56 Å². The molecule has 0 amide bonds. The van der Waals surface area contributed by atoms with Crippen LogP contribution in [0.5, 0.6) is 0 Å². The van der Waals surface area contributed by atoms with E-state index in [9.17, 15) is 4.79 Å². The highest BCUT2D eigenvalue weighted by Crippen LogP contribution is 2.11. The number of aliphatic hydroxyl groups excluding tert-OH is 1. The van der Waals surface area contributed by atoms with Gasteiger partial charge in [-0.25, -0.2) is 0 Å². The van der Waals surface area contributed by atoms with E-state index in [4.69, 9.17) is 15.3 Å². The van der Waals surface area contributed by atoms with Crippen molar-refractivity contribution in [2.24, 2.45) is 5.92 Å². The van der Waals surface area contributed by atoms with E-state index in [0.717, 1.165) is 5.56 Å². The van der Waals surface area contributed by atoms with Crippen molar-refractivity contribution >= 4 is 5.97 Å². The Balaban J connectivity index is 2.70. The molecule has 1 unspecified atom stereocenters. The van der Waals surface area contributed by atoms with E-state index >= 15 is 0 Å². The highest BCUT2D eigenvalue weighted by molar-refractivity contribution is 5.70. The van der Waals surface area contributed by atoms with Gasteiger partial charge in [0, 0.05) is 0 Å². The first-order valence-electron chi connectivity index (χ1n) is 4.24. The standard InChI is InChI=1S/C10H12O4/c11-9(12)8(10(13)14)6-7-4-2-1-3-5-7/h1-5,8-9,11-12H,6H2,(H,13,14). The maximum absolute atomic E-state index is 10.6. The number of hydrogen-bond acceptors (Lipinski definition) is 3. The molecule has 14 heavy (non-hydrogen) atoms. The molecule has 0 aliphatic rings. The maximum atomic E-state index is 10.6. The van der Waals surface area contributed by atoms with Crippen molar-refractivity contribution in [1.29, 1.82) is 0 Å². The number of aliphatic carboxylic acids is 1. The van der Waals surface area contributed by atoms with Gasteiger partial charge in [0.2, 0.25) is 0 Å². The number of hydrogen-bond donors (Lipinski definition) is 3. The second-order valence-corrected chi connectivity index (χ2v) is 3.05. The molecule has 0 spiro atoms. The van der Waals surface area contributed by atoms with Gasteiger partial charge in [-0.3, -0.25) is 4.79 Å². The first kappa shape index (κ1) is 10.7. The fourth-order valence-corrected chi connectivity index (χ4v) is 1.19. The highest BCUT2D eigenvalue weighted by atomic mass is 16.5. The van der Waals surface area contributed by atoms with Gasteiger partial charge in [-0.2, -0.15) is 0 Å². The zero-order valence-corrected chi connectivity index (χ0v) is 7.50. The summed E-state index contributed by atoms with van der Waals surface area (Å²) in [7, 11) is 0. The molecule has 1 aromatic rings. The lowest BCUT2D eigenvalue weighted by molar-refractivity contribution is -0.158. The van der Waals surface area contributed by atoms with Crippen molar-refractivity contribution in [2.45, 2.75) is 12.7 Å². The van der Waals surface area contributed by atoms with E-state index in [1.807, 2.05) is 6.07 Å². The van der Waals surface area contributed by atoms with Gasteiger partial charge in [0.15, 0.2) is 6.29 Å². The topological polar surface area (TPSA) is 77.8 Å². The third-order valence-corrected chi connectivity index (χ3v) is 1.98. The molecular weight excluding hydrogens is 184 g/mol. The van der Waals surface area contributed by atoms with Crippen molar-refractivity contribution in [3.05, 3.63) is 35.9 Å². The quantitative estimate of drug-likeness (QED) is 0.603. The van der Waals surface area contributed by atoms with Gasteiger partial charge >= 0.3 is 5.97 Å². The summed E-state index contributed by atoms with van der Waals surface area (Å²) < 4.78 is 0. The van der Waals surface area contributed by atoms with E-state index in [-0.39, 0.29) is 6.42 Å². The van der Waals surface area contributed by atoms with E-state index in [1.165, 1.54) is 0 Å². The van der Waals surface area contributed by atoms with Crippen molar-refractivity contribution in [3.8, 4) is 0 Å². The number of aliphatic hydroxyl groups is 2. The number of benzene rings is 1. The largest absolute Gasteiger partial charge is 0.481 e. The molecule has 0 aromatic heterocycles. The molecule has 0 saturated heterocycles. The van der Waals surface area contributed by atoms with Crippen molar-refractivity contribution < 1.29 is 20.1 Å².